The molecule has 0 bridgehead atoms. The number of imidazole rings is 1. The highest BCUT2D eigenvalue weighted by atomic mass is 79.9. The Kier molecular flexibility index (Phi) is 3.54. The molecule has 1 fully saturated rings. The molecule has 0 aliphatic heterocycles. The summed E-state index contributed by atoms with van der Waals surface area (Å²) in [6, 6.07) is 3.62. The van der Waals surface area contributed by atoms with Crippen LogP contribution in [0.15, 0.2) is 27.6 Å². The van der Waals surface area contributed by atoms with Gasteiger partial charge in [-0.25, -0.2) is 9.18 Å². The summed E-state index contributed by atoms with van der Waals surface area (Å²) in [5.74, 6) is 0. The quantitative estimate of drug-likeness (QED) is 0.724. The second kappa shape index (κ2) is 5.39. The molecule has 2 heterocycles. The van der Waals surface area contributed by atoms with Crippen molar-refractivity contribution < 1.29 is 9.13 Å². The number of aryl methyl sites for hydroxylation is 1. The second-order valence-corrected chi connectivity index (χ2v) is 7.28. The number of aromatic amines is 1. The fraction of sp³-hybridized carbons (Fsp3) is 0.412. The van der Waals surface area contributed by atoms with Crippen LogP contribution in [0.25, 0.3) is 21.9 Å². The summed E-state index contributed by atoms with van der Waals surface area (Å²) in [6.45, 7) is 0. The van der Waals surface area contributed by atoms with Gasteiger partial charge in [0, 0.05) is 36.0 Å². The molecule has 1 saturated carbocycles. The molecule has 2 aromatic heterocycles. The molecule has 0 unspecified atom stereocenters. The standard InChI is InChI=1S/C17H17BrFN3O2/c1-22-14-8-20-13-6-11(17(19)4-3-9(7-17)24-2)12(18)5-10(13)15(14)21-16(22)23/h5-6,8-9H,3-4,7H2,1-2H3,(H,21,23)/t9-,17-/m0/s1. The van der Waals surface area contributed by atoms with E-state index in [2.05, 4.69) is 25.9 Å². The highest BCUT2D eigenvalue weighted by Gasteiger charge is 2.42. The number of ether oxygens (including phenoxy) is 1. The van der Waals surface area contributed by atoms with Gasteiger partial charge in [-0.1, -0.05) is 15.9 Å². The maximum atomic E-state index is 15.5. The Morgan fingerprint density at radius 3 is 3.00 bits per heavy atom. The van der Waals surface area contributed by atoms with Gasteiger partial charge in [0.2, 0.25) is 0 Å². The Morgan fingerprint density at radius 2 is 2.29 bits per heavy atom. The molecule has 0 spiro atoms. The summed E-state index contributed by atoms with van der Waals surface area (Å²) < 4.78 is 23.0. The third-order valence-corrected chi connectivity index (χ3v) is 5.72. The van der Waals surface area contributed by atoms with E-state index in [1.807, 2.05) is 6.07 Å². The molecule has 24 heavy (non-hydrogen) atoms. The smallest absolute Gasteiger partial charge is 0.326 e. The van der Waals surface area contributed by atoms with Crippen LogP contribution < -0.4 is 5.69 Å². The summed E-state index contributed by atoms with van der Waals surface area (Å²) in [5.41, 5.74) is 1.09. The first-order chi connectivity index (χ1) is 11.4. The molecule has 1 aliphatic rings. The van der Waals surface area contributed by atoms with Crippen molar-refractivity contribution in [2.45, 2.75) is 31.0 Å². The number of nitrogens with one attached hydrogen (secondary N) is 1. The van der Waals surface area contributed by atoms with Gasteiger partial charge in [-0.15, -0.1) is 0 Å². The van der Waals surface area contributed by atoms with Gasteiger partial charge >= 0.3 is 5.69 Å². The lowest BCUT2D eigenvalue weighted by Gasteiger charge is -2.22. The average Bonchev–Trinajstić information content (AvgIpc) is 3.09. The minimum Gasteiger partial charge on any atom is -0.381 e. The normalized spacial score (nSPS) is 24.2. The van der Waals surface area contributed by atoms with E-state index in [4.69, 9.17) is 4.74 Å². The molecule has 1 N–H and O–H groups in total. The maximum Gasteiger partial charge on any atom is 0.326 e. The number of alkyl halides is 1. The van der Waals surface area contributed by atoms with Crippen molar-refractivity contribution in [1.29, 1.82) is 0 Å². The fourth-order valence-electron chi connectivity index (χ4n) is 3.63. The van der Waals surface area contributed by atoms with Crippen molar-refractivity contribution in [3.63, 3.8) is 0 Å². The SMILES string of the molecule is CO[C@H]1CC[C@@](F)(c2cc3ncc4c([nH]c(=O)n4C)c3cc2Br)C1. The zero-order chi connectivity index (χ0) is 17.1. The zero-order valence-electron chi connectivity index (χ0n) is 13.4. The third kappa shape index (κ3) is 2.22. The summed E-state index contributed by atoms with van der Waals surface area (Å²) in [7, 11) is 3.31. The van der Waals surface area contributed by atoms with Crippen molar-refractivity contribution in [3.05, 3.63) is 38.9 Å². The van der Waals surface area contributed by atoms with E-state index in [0.29, 0.717) is 40.3 Å². The van der Waals surface area contributed by atoms with Gasteiger partial charge in [0.15, 0.2) is 0 Å². The van der Waals surface area contributed by atoms with Crippen LogP contribution in [0.4, 0.5) is 4.39 Å². The summed E-state index contributed by atoms with van der Waals surface area (Å²) in [4.78, 5) is 19.1. The number of hydrogen-bond acceptors (Lipinski definition) is 3. The number of benzene rings is 1. The minimum atomic E-state index is -1.42. The predicted molar refractivity (Wildman–Crippen MR) is 94.0 cm³/mol. The van der Waals surface area contributed by atoms with Crippen molar-refractivity contribution in [2.75, 3.05) is 7.11 Å². The molecule has 1 aliphatic carbocycles. The van der Waals surface area contributed by atoms with Crippen LogP contribution in [-0.4, -0.2) is 27.7 Å². The molecule has 0 saturated heterocycles. The zero-order valence-corrected chi connectivity index (χ0v) is 15.0. The number of methoxy groups -OCH3 is 1. The van der Waals surface area contributed by atoms with Crippen molar-refractivity contribution in [1.82, 2.24) is 14.5 Å². The molecular formula is C17H17BrFN3O2. The first kappa shape index (κ1) is 15.8. The average molecular weight is 394 g/mol. The molecule has 126 valence electrons. The van der Waals surface area contributed by atoms with E-state index >= 15 is 4.39 Å². The molecule has 5 nitrogen and oxygen atoms in total. The Morgan fingerprint density at radius 1 is 1.50 bits per heavy atom. The van der Waals surface area contributed by atoms with Gasteiger partial charge in [-0.2, -0.15) is 0 Å². The lowest BCUT2D eigenvalue weighted by molar-refractivity contribution is 0.0811. The van der Waals surface area contributed by atoms with E-state index in [-0.39, 0.29) is 11.8 Å². The van der Waals surface area contributed by atoms with Gasteiger partial charge in [0.25, 0.3) is 0 Å². The predicted octanol–water partition coefficient (Wildman–Crippen LogP) is 3.54. The number of fused-ring (bicyclic) bond motifs is 3. The highest BCUT2D eigenvalue weighted by molar-refractivity contribution is 9.10. The molecule has 1 aromatic carbocycles. The molecule has 3 aromatic rings. The van der Waals surface area contributed by atoms with E-state index in [9.17, 15) is 4.79 Å². The molecule has 0 radical (unpaired) electrons. The summed E-state index contributed by atoms with van der Waals surface area (Å²) in [6.07, 6.45) is 3.07. The molecule has 4 rings (SSSR count). The maximum absolute atomic E-state index is 15.5. The van der Waals surface area contributed by atoms with E-state index in [1.54, 1.807) is 26.4 Å². The third-order valence-electron chi connectivity index (χ3n) is 5.06. The Bertz CT molecular complexity index is 1010. The first-order valence-corrected chi connectivity index (χ1v) is 8.61. The number of H-pyrrole nitrogens is 1. The number of nitrogens with zero attached hydrogens (tertiary/aromatic N) is 2. The van der Waals surface area contributed by atoms with Gasteiger partial charge in [-0.05, 0) is 25.0 Å². The van der Waals surface area contributed by atoms with Crippen molar-refractivity contribution in [2.24, 2.45) is 7.05 Å². The van der Waals surface area contributed by atoms with Crippen molar-refractivity contribution in [3.8, 4) is 0 Å². The fourth-order valence-corrected chi connectivity index (χ4v) is 4.33. The van der Waals surface area contributed by atoms with Gasteiger partial charge in [0.1, 0.15) is 5.67 Å². The Balaban J connectivity index is 1.92. The van der Waals surface area contributed by atoms with E-state index in [0.717, 1.165) is 10.9 Å². The van der Waals surface area contributed by atoms with E-state index in [1.165, 1.54) is 4.57 Å². The Labute approximate surface area is 146 Å². The van der Waals surface area contributed by atoms with Crippen LogP contribution >= 0.6 is 15.9 Å². The van der Waals surface area contributed by atoms with Crippen LogP contribution in [0.2, 0.25) is 0 Å². The Hall–Kier alpha value is -1.73. The second-order valence-electron chi connectivity index (χ2n) is 6.42. The first-order valence-electron chi connectivity index (χ1n) is 7.82. The number of rotatable bonds is 2. The van der Waals surface area contributed by atoms with Crippen molar-refractivity contribution >= 4 is 37.9 Å². The monoisotopic (exact) mass is 393 g/mol. The topological polar surface area (TPSA) is 59.9 Å². The number of aromatic nitrogens is 3. The lowest BCUT2D eigenvalue weighted by Crippen LogP contribution is -2.18. The number of pyridine rings is 1. The minimum absolute atomic E-state index is 0.0569. The van der Waals surface area contributed by atoms with Crippen LogP contribution in [-0.2, 0) is 17.5 Å². The molecule has 2 atom stereocenters. The molecule has 7 heteroatoms. The van der Waals surface area contributed by atoms with Crippen LogP contribution in [0.3, 0.4) is 0 Å². The summed E-state index contributed by atoms with van der Waals surface area (Å²) >= 11 is 3.51. The van der Waals surface area contributed by atoms with Gasteiger partial charge in [-0.3, -0.25) is 9.55 Å². The largest absolute Gasteiger partial charge is 0.381 e. The molecular weight excluding hydrogens is 377 g/mol. The van der Waals surface area contributed by atoms with Gasteiger partial charge < -0.3 is 9.72 Å². The highest BCUT2D eigenvalue weighted by Crippen LogP contribution is 2.47. The molecule has 0 amide bonds. The number of halogens is 2. The van der Waals surface area contributed by atoms with E-state index < -0.39 is 5.67 Å². The van der Waals surface area contributed by atoms with Crippen LogP contribution in [0, 0.1) is 0 Å². The lowest BCUT2D eigenvalue weighted by atomic mass is 9.93. The van der Waals surface area contributed by atoms with Gasteiger partial charge in [0.05, 0.1) is 28.9 Å². The van der Waals surface area contributed by atoms with Crippen LogP contribution in [0.1, 0.15) is 24.8 Å². The van der Waals surface area contributed by atoms with Crippen LogP contribution in [0.5, 0.6) is 0 Å². The summed E-state index contributed by atoms with van der Waals surface area (Å²) in [5, 5.41) is 0.797. The number of hydrogen-bond donors (Lipinski definition) is 1.